The minimum atomic E-state index is 0.916. The van der Waals surface area contributed by atoms with Crippen molar-refractivity contribution in [2.45, 2.75) is 39.5 Å². The quantitative estimate of drug-likeness (QED) is 0.471. The maximum Gasteiger partial charge on any atom is -0.0209 e. The van der Waals surface area contributed by atoms with Crippen LogP contribution < -0.4 is 0 Å². The van der Waals surface area contributed by atoms with Crippen molar-refractivity contribution in [3.8, 4) is 0 Å². The fraction of sp³-hybridized carbons (Fsp3) is 0.778. The molecule has 0 N–H and O–H groups in total. The van der Waals surface area contributed by atoms with E-state index in [4.69, 9.17) is 0 Å². The van der Waals surface area contributed by atoms with Crippen molar-refractivity contribution in [3.05, 3.63) is 11.6 Å². The van der Waals surface area contributed by atoms with Crippen molar-refractivity contribution in [3.63, 3.8) is 0 Å². The summed E-state index contributed by atoms with van der Waals surface area (Å²) >= 11 is 0. The van der Waals surface area contributed by atoms with E-state index < -0.39 is 0 Å². The van der Waals surface area contributed by atoms with E-state index in [2.05, 4.69) is 19.9 Å². The maximum atomic E-state index is 2.40. The van der Waals surface area contributed by atoms with Gasteiger partial charge in [-0.05, 0) is 38.5 Å². The van der Waals surface area contributed by atoms with E-state index in [1.54, 1.807) is 5.57 Å². The molecular formula is C9H16. The number of hydrogen-bond acceptors (Lipinski definition) is 0. The summed E-state index contributed by atoms with van der Waals surface area (Å²) in [7, 11) is 0. The topological polar surface area (TPSA) is 0 Å². The lowest BCUT2D eigenvalue weighted by atomic mass is 9.87. The molecule has 0 heteroatoms. The van der Waals surface area contributed by atoms with Gasteiger partial charge in [-0.25, -0.2) is 0 Å². The van der Waals surface area contributed by atoms with E-state index in [1.807, 2.05) is 0 Å². The molecule has 0 spiro atoms. The van der Waals surface area contributed by atoms with Crippen LogP contribution in [-0.4, -0.2) is 0 Å². The van der Waals surface area contributed by atoms with Gasteiger partial charge in [0.25, 0.3) is 0 Å². The third-order valence-electron chi connectivity index (χ3n) is 2.36. The largest absolute Gasteiger partial charge is 0.0853 e. The number of rotatable bonds is 1. The molecular weight excluding hydrogens is 108 g/mol. The predicted molar refractivity (Wildman–Crippen MR) is 41.4 cm³/mol. The molecule has 0 aromatic rings. The molecule has 1 atom stereocenters. The predicted octanol–water partition coefficient (Wildman–Crippen LogP) is 3.14. The van der Waals surface area contributed by atoms with Crippen LogP contribution in [0.25, 0.3) is 0 Å². The molecule has 0 aromatic carbocycles. The Labute approximate surface area is 58.0 Å². The van der Waals surface area contributed by atoms with Crippen molar-refractivity contribution in [2.75, 3.05) is 0 Å². The van der Waals surface area contributed by atoms with E-state index in [-0.39, 0.29) is 0 Å². The summed E-state index contributed by atoms with van der Waals surface area (Å²) in [6.45, 7) is 4.56. The van der Waals surface area contributed by atoms with Crippen LogP contribution in [0.2, 0.25) is 0 Å². The van der Waals surface area contributed by atoms with Crippen LogP contribution in [0.4, 0.5) is 0 Å². The lowest BCUT2D eigenvalue weighted by molar-refractivity contribution is 0.497. The van der Waals surface area contributed by atoms with Crippen molar-refractivity contribution in [1.82, 2.24) is 0 Å². The van der Waals surface area contributed by atoms with Crippen LogP contribution >= 0.6 is 0 Å². The second-order valence-electron chi connectivity index (χ2n) is 2.98. The fourth-order valence-corrected chi connectivity index (χ4v) is 1.61. The molecule has 0 heterocycles. The van der Waals surface area contributed by atoms with Crippen molar-refractivity contribution < 1.29 is 0 Å². The van der Waals surface area contributed by atoms with E-state index in [1.165, 1.54) is 25.7 Å². The molecule has 0 amide bonds. The molecule has 0 bridgehead atoms. The Morgan fingerprint density at radius 3 is 2.89 bits per heavy atom. The molecule has 0 nitrogen and oxygen atoms in total. The number of hydrogen-bond donors (Lipinski definition) is 0. The normalized spacial score (nSPS) is 27.8. The van der Waals surface area contributed by atoms with Crippen LogP contribution in [0.5, 0.6) is 0 Å². The Balaban J connectivity index is 2.50. The van der Waals surface area contributed by atoms with Gasteiger partial charge in [0.15, 0.2) is 0 Å². The summed E-state index contributed by atoms with van der Waals surface area (Å²) < 4.78 is 0. The number of allylic oxidation sites excluding steroid dienone is 2. The van der Waals surface area contributed by atoms with Gasteiger partial charge in [0.1, 0.15) is 0 Å². The first-order chi connectivity index (χ1) is 4.34. The summed E-state index contributed by atoms with van der Waals surface area (Å²) in [5.41, 5.74) is 1.63. The van der Waals surface area contributed by atoms with Gasteiger partial charge in [0, 0.05) is 0 Å². The zero-order valence-corrected chi connectivity index (χ0v) is 6.48. The molecule has 9 heavy (non-hydrogen) atoms. The molecule has 0 saturated carbocycles. The van der Waals surface area contributed by atoms with Gasteiger partial charge in [-0.15, -0.1) is 0 Å². The first-order valence-electron chi connectivity index (χ1n) is 4.01. The monoisotopic (exact) mass is 124 g/mol. The molecule has 1 aliphatic carbocycles. The van der Waals surface area contributed by atoms with Crippen LogP contribution in [-0.2, 0) is 0 Å². The first kappa shape index (κ1) is 6.85. The standard InChI is InChI=1S/C9H16/c1-3-9-7-5-4-6-8(9)2/h6,9H,3-5,7H2,1-2H3. The molecule has 1 aliphatic rings. The van der Waals surface area contributed by atoms with Gasteiger partial charge in [-0.2, -0.15) is 0 Å². The molecule has 0 fully saturated rings. The van der Waals surface area contributed by atoms with E-state index >= 15 is 0 Å². The molecule has 0 radical (unpaired) electrons. The van der Waals surface area contributed by atoms with E-state index in [0.29, 0.717) is 0 Å². The average molecular weight is 124 g/mol. The fourth-order valence-electron chi connectivity index (χ4n) is 1.61. The Bertz CT molecular complexity index is 111. The van der Waals surface area contributed by atoms with E-state index in [0.717, 1.165) is 5.92 Å². The zero-order valence-electron chi connectivity index (χ0n) is 6.48. The Hall–Kier alpha value is -0.260. The van der Waals surface area contributed by atoms with Gasteiger partial charge < -0.3 is 0 Å². The lowest BCUT2D eigenvalue weighted by Gasteiger charge is -2.19. The van der Waals surface area contributed by atoms with Gasteiger partial charge >= 0.3 is 0 Å². The van der Waals surface area contributed by atoms with Crippen LogP contribution in [0.15, 0.2) is 11.6 Å². The minimum Gasteiger partial charge on any atom is -0.0853 e. The molecule has 0 aromatic heterocycles. The van der Waals surface area contributed by atoms with Crippen molar-refractivity contribution >= 4 is 0 Å². The highest BCUT2D eigenvalue weighted by atomic mass is 14.2. The summed E-state index contributed by atoms with van der Waals surface area (Å²) in [6, 6.07) is 0. The lowest BCUT2D eigenvalue weighted by Crippen LogP contribution is -2.04. The molecule has 0 saturated heterocycles. The minimum absolute atomic E-state index is 0.916. The molecule has 1 rings (SSSR count). The maximum absolute atomic E-state index is 2.40. The Kier molecular flexibility index (Phi) is 2.32. The van der Waals surface area contributed by atoms with Gasteiger partial charge in [0.2, 0.25) is 0 Å². The Morgan fingerprint density at radius 1 is 1.67 bits per heavy atom. The summed E-state index contributed by atoms with van der Waals surface area (Å²) in [6.07, 6.45) is 7.90. The highest BCUT2D eigenvalue weighted by Gasteiger charge is 2.10. The summed E-state index contributed by atoms with van der Waals surface area (Å²) in [4.78, 5) is 0. The summed E-state index contributed by atoms with van der Waals surface area (Å²) in [5.74, 6) is 0.916. The smallest absolute Gasteiger partial charge is 0.0209 e. The highest BCUT2D eigenvalue weighted by Crippen LogP contribution is 2.26. The highest BCUT2D eigenvalue weighted by molar-refractivity contribution is 5.05. The van der Waals surface area contributed by atoms with Gasteiger partial charge in [-0.1, -0.05) is 18.6 Å². The SMILES string of the molecule is CCC1CCCC=C1C. The average Bonchev–Trinajstić information content (AvgIpc) is 1.89. The summed E-state index contributed by atoms with van der Waals surface area (Å²) in [5, 5.41) is 0. The van der Waals surface area contributed by atoms with Crippen LogP contribution in [0, 0.1) is 5.92 Å². The second kappa shape index (κ2) is 3.05. The zero-order chi connectivity index (χ0) is 6.69. The third-order valence-corrected chi connectivity index (χ3v) is 2.36. The second-order valence-corrected chi connectivity index (χ2v) is 2.98. The molecule has 0 aliphatic heterocycles. The van der Waals surface area contributed by atoms with Crippen LogP contribution in [0.1, 0.15) is 39.5 Å². The molecule has 52 valence electrons. The van der Waals surface area contributed by atoms with E-state index in [9.17, 15) is 0 Å². The van der Waals surface area contributed by atoms with Crippen LogP contribution in [0.3, 0.4) is 0 Å². The van der Waals surface area contributed by atoms with Crippen molar-refractivity contribution in [2.24, 2.45) is 5.92 Å². The van der Waals surface area contributed by atoms with Gasteiger partial charge in [-0.3, -0.25) is 0 Å². The Morgan fingerprint density at radius 2 is 2.44 bits per heavy atom. The van der Waals surface area contributed by atoms with Gasteiger partial charge in [0.05, 0.1) is 0 Å². The molecule has 1 unspecified atom stereocenters. The third kappa shape index (κ3) is 1.57. The first-order valence-corrected chi connectivity index (χ1v) is 4.01. The van der Waals surface area contributed by atoms with Crippen molar-refractivity contribution in [1.29, 1.82) is 0 Å².